The topological polar surface area (TPSA) is 41.6 Å². The van der Waals surface area contributed by atoms with Crippen LogP contribution in [0.25, 0.3) is 22.6 Å². The first-order chi connectivity index (χ1) is 9.05. The molecule has 0 saturated carbocycles. The van der Waals surface area contributed by atoms with E-state index in [0.717, 1.165) is 6.07 Å². The highest BCUT2D eigenvalue weighted by atomic mass is 19.4. The fourth-order valence-electron chi connectivity index (χ4n) is 1.89. The number of aromatic amines is 1. The van der Waals surface area contributed by atoms with Gasteiger partial charge in [0.15, 0.2) is 5.82 Å². The maximum atomic E-state index is 12.9. The number of pyridine rings is 1. The van der Waals surface area contributed by atoms with Crippen molar-refractivity contribution in [3.63, 3.8) is 0 Å². The summed E-state index contributed by atoms with van der Waals surface area (Å²) < 4.78 is 38.6. The standard InChI is InChI=1S/C13H8F3N3/c14-13(15,16)8-4-3-6-9-11(8)19-12(18-9)10-5-1-2-7-17-10/h1-7H,(H,18,19). The number of benzene rings is 1. The summed E-state index contributed by atoms with van der Waals surface area (Å²) in [5.41, 5.74) is 0.0152. The van der Waals surface area contributed by atoms with E-state index in [1.165, 1.54) is 6.07 Å². The van der Waals surface area contributed by atoms with Crippen molar-refractivity contribution in [3.8, 4) is 11.5 Å². The Morgan fingerprint density at radius 3 is 2.53 bits per heavy atom. The number of imidazole rings is 1. The van der Waals surface area contributed by atoms with Gasteiger partial charge in [-0.1, -0.05) is 12.1 Å². The van der Waals surface area contributed by atoms with Crippen molar-refractivity contribution in [1.82, 2.24) is 15.0 Å². The zero-order valence-electron chi connectivity index (χ0n) is 9.57. The predicted octanol–water partition coefficient (Wildman–Crippen LogP) is 3.64. The molecule has 0 aliphatic rings. The second-order valence-corrected chi connectivity index (χ2v) is 4.00. The summed E-state index contributed by atoms with van der Waals surface area (Å²) in [4.78, 5) is 10.9. The number of nitrogens with one attached hydrogen (secondary N) is 1. The summed E-state index contributed by atoms with van der Waals surface area (Å²) in [6, 6.07) is 9.10. The van der Waals surface area contributed by atoms with Crippen LogP contribution in [0, 0.1) is 0 Å². The number of alkyl halides is 3. The Morgan fingerprint density at radius 1 is 1.00 bits per heavy atom. The normalized spacial score (nSPS) is 11.9. The second-order valence-electron chi connectivity index (χ2n) is 4.00. The van der Waals surface area contributed by atoms with Gasteiger partial charge in [-0.25, -0.2) is 4.98 Å². The Hall–Kier alpha value is -2.37. The van der Waals surface area contributed by atoms with Gasteiger partial charge >= 0.3 is 6.18 Å². The van der Waals surface area contributed by atoms with E-state index in [1.807, 2.05) is 0 Å². The molecule has 3 rings (SSSR count). The molecule has 2 aromatic heterocycles. The average Bonchev–Trinajstić information content (AvgIpc) is 2.82. The van der Waals surface area contributed by atoms with E-state index in [1.54, 1.807) is 30.5 Å². The largest absolute Gasteiger partial charge is 0.418 e. The number of fused-ring (bicyclic) bond motifs is 1. The van der Waals surface area contributed by atoms with E-state index in [4.69, 9.17) is 0 Å². The van der Waals surface area contributed by atoms with Gasteiger partial charge in [-0.2, -0.15) is 13.2 Å². The first kappa shape index (κ1) is 11.7. The molecule has 0 saturated heterocycles. The Labute approximate surface area is 106 Å². The molecule has 2 heterocycles. The first-order valence-corrected chi connectivity index (χ1v) is 5.53. The number of hydrogen-bond donors (Lipinski definition) is 1. The quantitative estimate of drug-likeness (QED) is 0.728. The van der Waals surface area contributed by atoms with Gasteiger partial charge in [0.05, 0.1) is 11.1 Å². The SMILES string of the molecule is FC(F)(F)c1cccc2[nH]c(-c3ccccn3)nc12. The molecule has 0 fully saturated rings. The highest BCUT2D eigenvalue weighted by molar-refractivity contribution is 5.82. The monoisotopic (exact) mass is 263 g/mol. The third kappa shape index (κ3) is 2.05. The number of halogens is 3. The van der Waals surface area contributed by atoms with Crippen LogP contribution in [-0.4, -0.2) is 15.0 Å². The molecule has 1 N–H and O–H groups in total. The Bertz CT molecular complexity index is 717. The molecule has 0 amide bonds. The highest BCUT2D eigenvalue weighted by Crippen LogP contribution is 2.34. The van der Waals surface area contributed by atoms with Crippen molar-refractivity contribution in [1.29, 1.82) is 0 Å². The molecule has 0 spiro atoms. The van der Waals surface area contributed by atoms with Gasteiger partial charge in [-0.3, -0.25) is 4.98 Å². The van der Waals surface area contributed by atoms with Crippen molar-refractivity contribution < 1.29 is 13.2 Å². The molecule has 19 heavy (non-hydrogen) atoms. The van der Waals surface area contributed by atoms with E-state index in [2.05, 4.69) is 15.0 Å². The van der Waals surface area contributed by atoms with Gasteiger partial charge in [0.25, 0.3) is 0 Å². The lowest BCUT2D eigenvalue weighted by Gasteiger charge is -2.05. The maximum Gasteiger partial charge on any atom is 0.418 e. The summed E-state index contributed by atoms with van der Waals surface area (Å²) in [5.74, 6) is 0.326. The van der Waals surface area contributed by atoms with E-state index in [0.29, 0.717) is 17.0 Å². The van der Waals surface area contributed by atoms with Crippen molar-refractivity contribution in [2.24, 2.45) is 0 Å². The van der Waals surface area contributed by atoms with Gasteiger partial charge in [0, 0.05) is 6.20 Å². The molecule has 0 radical (unpaired) electrons. The van der Waals surface area contributed by atoms with Crippen LogP contribution < -0.4 is 0 Å². The van der Waals surface area contributed by atoms with Crippen molar-refractivity contribution in [2.45, 2.75) is 6.18 Å². The van der Waals surface area contributed by atoms with Crippen LogP contribution in [0.5, 0.6) is 0 Å². The summed E-state index contributed by atoms with van der Waals surface area (Å²) in [6.07, 6.45) is -2.86. The molecule has 3 aromatic rings. The van der Waals surface area contributed by atoms with Gasteiger partial charge < -0.3 is 4.98 Å². The Kier molecular flexibility index (Phi) is 2.51. The molecule has 0 unspecified atom stereocenters. The van der Waals surface area contributed by atoms with Gasteiger partial charge in [-0.05, 0) is 24.3 Å². The lowest BCUT2D eigenvalue weighted by Crippen LogP contribution is -2.05. The molecule has 96 valence electrons. The summed E-state index contributed by atoms with van der Waals surface area (Å²) in [5, 5.41) is 0. The van der Waals surface area contributed by atoms with Crippen LogP contribution >= 0.6 is 0 Å². The third-order valence-electron chi connectivity index (χ3n) is 2.73. The van der Waals surface area contributed by atoms with E-state index in [9.17, 15) is 13.2 Å². The van der Waals surface area contributed by atoms with Crippen LogP contribution in [-0.2, 0) is 6.18 Å². The van der Waals surface area contributed by atoms with Gasteiger partial charge in [0.1, 0.15) is 11.2 Å². The minimum atomic E-state index is -4.42. The predicted molar refractivity (Wildman–Crippen MR) is 64.3 cm³/mol. The fourth-order valence-corrected chi connectivity index (χ4v) is 1.89. The molecular formula is C13H8F3N3. The number of H-pyrrole nitrogens is 1. The summed E-state index contributed by atoms with van der Waals surface area (Å²) in [6.45, 7) is 0. The first-order valence-electron chi connectivity index (χ1n) is 5.53. The van der Waals surface area contributed by atoms with E-state index < -0.39 is 11.7 Å². The average molecular weight is 263 g/mol. The number of aromatic nitrogens is 3. The van der Waals surface area contributed by atoms with Crippen LogP contribution in [0.15, 0.2) is 42.6 Å². The number of rotatable bonds is 1. The minimum absolute atomic E-state index is 0.0874. The maximum absolute atomic E-state index is 12.9. The smallest absolute Gasteiger partial charge is 0.337 e. The lowest BCUT2D eigenvalue weighted by atomic mass is 10.2. The zero-order valence-corrected chi connectivity index (χ0v) is 9.57. The molecule has 6 heteroatoms. The van der Waals surface area contributed by atoms with Crippen molar-refractivity contribution in [2.75, 3.05) is 0 Å². The molecule has 0 bridgehead atoms. The minimum Gasteiger partial charge on any atom is -0.337 e. The molecule has 0 aliphatic carbocycles. The van der Waals surface area contributed by atoms with Crippen molar-refractivity contribution in [3.05, 3.63) is 48.2 Å². The molecular weight excluding hydrogens is 255 g/mol. The molecule has 0 aliphatic heterocycles. The van der Waals surface area contributed by atoms with Crippen LogP contribution in [0.3, 0.4) is 0 Å². The van der Waals surface area contributed by atoms with E-state index in [-0.39, 0.29) is 5.52 Å². The number of para-hydroxylation sites is 1. The summed E-state index contributed by atoms with van der Waals surface area (Å²) >= 11 is 0. The van der Waals surface area contributed by atoms with Crippen LogP contribution in [0.1, 0.15) is 5.56 Å². The third-order valence-corrected chi connectivity index (χ3v) is 2.73. The highest BCUT2D eigenvalue weighted by Gasteiger charge is 2.33. The Morgan fingerprint density at radius 2 is 1.84 bits per heavy atom. The van der Waals surface area contributed by atoms with Crippen LogP contribution in [0.4, 0.5) is 13.2 Å². The van der Waals surface area contributed by atoms with E-state index >= 15 is 0 Å². The number of nitrogens with zero attached hydrogens (tertiary/aromatic N) is 2. The molecule has 0 atom stereocenters. The second kappa shape index (κ2) is 4.08. The Balaban J connectivity index is 2.22. The fraction of sp³-hybridized carbons (Fsp3) is 0.0769. The van der Waals surface area contributed by atoms with Gasteiger partial charge in [-0.15, -0.1) is 0 Å². The molecule has 1 aromatic carbocycles. The van der Waals surface area contributed by atoms with Crippen LogP contribution in [0.2, 0.25) is 0 Å². The molecule has 3 nitrogen and oxygen atoms in total. The van der Waals surface area contributed by atoms with Crippen molar-refractivity contribution >= 4 is 11.0 Å². The zero-order chi connectivity index (χ0) is 13.5. The lowest BCUT2D eigenvalue weighted by molar-refractivity contribution is -0.136. The summed E-state index contributed by atoms with van der Waals surface area (Å²) in [7, 11) is 0. The number of hydrogen-bond acceptors (Lipinski definition) is 2. The van der Waals surface area contributed by atoms with Gasteiger partial charge in [0.2, 0.25) is 0 Å².